The molecule has 20 heavy (non-hydrogen) atoms. The summed E-state index contributed by atoms with van der Waals surface area (Å²) in [6, 6.07) is -0.693. The highest BCUT2D eigenvalue weighted by molar-refractivity contribution is 6.04. The van der Waals surface area contributed by atoms with Crippen LogP contribution in [0.25, 0.3) is 0 Å². The smallest absolute Gasteiger partial charge is 0.325 e. The molecule has 2 aliphatic heterocycles. The minimum Gasteiger partial charge on any atom is -0.369 e. The highest BCUT2D eigenvalue weighted by Gasteiger charge is 2.38. The van der Waals surface area contributed by atoms with E-state index in [-0.39, 0.29) is 29.8 Å². The summed E-state index contributed by atoms with van der Waals surface area (Å²) in [5, 5.41) is 2.71. The Kier molecular flexibility index (Phi) is 4.59. The van der Waals surface area contributed by atoms with Crippen LogP contribution in [-0.4, -0.2) is 53.4 Å². The van der Waals surface area contributed by atoms with Crippen LogP contribution in [0.15, 0.2) is 0 Å². The summed E-state index contributed by atoms with van der Waals surface area (Å²) in [5.74, 6) is -0.487. The van der Waals surface area contributed by atoms with Gasteiger partial charge in [0.2, 0.25) is 5.91 Å². The van der Waals surface area contributed by atoms with Crippen LogP contribution in [0.4, 0.5) is 4.79 Å². The Morgan fingerprint density at radius 3 is 2.55 bits per heavy atom. The van der Waals surface area contributed by atoms with Gasteiger partial charge in [0.25, 0.3) is 5.91 Å². The Hall–Kier alpha value is -1.63. The van der Waals surface area contributed by atoms with Crippen molar-refractivity contribution >= 4 is 17.8 Å². The lowest BCUT2D eigenvalue weighted by atomic mass is 9.96. The largest absolute Gasteiger partial charge is 0.369 e. The second-order valence-corrected chi connectivity index (χ2v) is 5.49. The molecule has 0 saturated carbocycles. The topological polar surface area (TPSA) is 95.7 Å². The molecule has 0 bridgehead atoms. The van der Waals surface area contributed by atoms with Gasteiger partial charge in [0.05, 0.1) is 6.67 Å². The number of piperidine rings is 1. The van der Waals surface area contributed by atoms with E-state index in [1.807, 2.05) is 11.8 Å². The number of imide groups is 1. The molecule has 2 fully saturated rings. The quantitative estimate of drug-likeness (QED) is 0.686. The van der Waals surface area contributed by atoms with Crippen molar-refractivity contribution < 1.29 is 14.4 Å². The number of carbonyl (C=O) groups excluding carboxylic acids is 3. The summed E-state index contributed by atoms with van der Waals surface area (Å²) in [6.07, 6.45) is 2.91. The van der Waals surface area contributed by atoms with Crippen molar-refractivity contribution in [3.8, 4) is 0 Å². The molecule has 3 N–H and O–H groups in total. The van der Waals surface area contributed by atoms with Gasteiger partial charge in [0.15, 0.2) is 0 Å². The predicted molar refractivity (Wildman–Crippen MR) is 72.4 cm³/mol. The molecular formula is C13H22N4O3. The third-order valence-electron chi connectivity index (χ3n) is 4.02. The van der Waals surface area contributed by atoms with Gasteiger partial charge in [0.1, 0.15) is 6.04 Å². The molecule has 4 amide bonds. The number of nitrogens with one attached hydrogen (secondary N) is 1. The molecule has 2 rings (SSSR count). The number of hydrogen-bond acceptors (Lipinski definition) is 4. The van der Waals surface area contributed by atoms with Gasteiger partial charge >= 0.3 is 6.03 Å². The Bertz CT molecular complexity index is 404. The van der Waals surface area contributed by atoms with Crippen LogP contribution in [0.5, 0.6) is 0 Å². The van der Waals surface area contributed by atoms with Gasteiger partial charge in [-0.05, 0) is 19.3 Å². The number of likely N-dealkylation sites (tertiary alicyclic amines) is 1. The van der Waals surface area contributed by atoms with Crippen molar-refractivity contribution in [2.24, 2.45) is 11.7 Å². The van der Waals surface area contributed by atoms with E-state index in [0.29, 0.717) is 39.0 Å². The van der Waals surface area contributed by atoms with Crippen LogP contribution < -0.4 is 11.1 Å². The van der Waals surface area contributed by atoms with Crippen molar-refractivity contribution in [2.75, 3.05) is 19.8 Å². The molecule has 1 atom stereocenters. The summed E-state index contributed by atoms with van der Waals surface area (Å²) >= 11 is 0. The zero-order valence-corrected chi connectivity index (χ0v) is 11.8. The molecule has 0 spiro atoms. The first-order valence-electron chi connectivity index (χ1n) is 7.16. The normalized spacial score (nSPS) is 25.1. The molecular weight excluding hydrogens is 260 g/mol. The monoisotopic (exact) mass is 282 g/mol. The van der Waals surface area contributed by atoms with E-state index in [4.69, 9.17) is 5.73 Å². The van der Waals surface area contributed by atoms with Crippen LogP contribution in [0.1, 0.15) is 32.6 Å². The fraction of sp³-hybridized carbons (Fsp3) is 0.769. The zero-order chi connectivity index (χ0) is 14.7. The molecule has 0 aliphatic carbocycles. The van der Waals surface area contributed by atoms with Gasteiger partial charge in [-0.2, -0.15) is 0 Å². The fourth-order valence-corrected chi connectivity index (χ4v) is 2.75. The van der Waals surface area contributed by atoms with Crippen LogP contribution >= 0.6 is 0 Å². The number of hydrogen-bond donors (Lipinski definition) is 2. The Morgan fingerprint density at radius 1 is 1.35 bits per heavy atom. The maximum atomic E-state index is 12.1. The van der Waals surface area contributed by atoms with Gasteiger partial charge in [-0.3, -0.25) is 14.5 Å². The van der Waals surface area contributed by atoms with Crippen LogP contribution in [0, 0.1) is 5.92 Å². The third-order valence-corrected chi connectivity index (χ3v) is 4.02. The maximum Gasteiger partial charge on any atom is 0.325 e. The van der Waals surface area contributed by atoms with Crippen LogP contribution in [0.2, 0.25) is 0 Å². The van der Waals surface area contributed by atoms with Crippen molar-refractivity contribution in [1.82, 2.24) is 15.1 Å². The first kappa shape index (κ1) is 14.8. The fourth-order valence-electron chi connectivity index (χ4n) is 2.75. The molecule has 2 heterocycles. The molecule has 0 aromatic rings. The highest BCUT2D eigenvalue weighted by Crippen LogP contribution is 2.18. The van der Waals surface area contributed by atoms with Crippen molar-refractivity contribution in [3.63, 3.8) is 0 Å². The minimum atomic E-state index is -0.379. The van der Waals surface area contributed by atoms with Gasteiger partial charge < -0.3 is 11.1 Å². The SMILES string of the molecule is CCC[C@H]1NC(=O)N(CN2CCC(C(N)=O)CC2)C1=O. The van der Waals surface area contributed by atoms with E-state index in [1.54, 1.807) is 0 Å². The lowest BCUT2D eigenvalue weighted by Gasteiger charge is -2.32. The molecule has 2 saturated heterocycles. The van der Waals surface area contributed by atoms with Crippen LogP contribution in [0.3, 0.4) is 0 Å². The molecule has 0 aromatic carbocycles. The van der Waals surface area contributed by atoms with Gasteiger partial charge in [-0.1, -0.05) is 13.3 Å². The average molecular weight is 282 g/mol. The number of nitrogens with two attached hydrogens (primary N) is 1. The van der Waals surface area contributed by atoms with Crippen molar-refractivity contribution in [3.05, 3.63) is 0 Å². The standard InChI is InChI=1S/C13H22N4O3/c1-2-3-10-12(19)17(13(20)15-10)8-16-6-4-9(5-7-16)11(14)18/h9-10H,2-8H2,1H3,(H2,14,18)(H,15,20)/t10-/m1/s1. The second kappa shape index (κ2) is 6.21. The van der Waals surface area contributed by atoms with E-state index in [1.165, 1.54) is 4.90 Å². The molecule has 2 aliphatic rings. The Labute approximate surface area is 118 Å². The van der Waals surface area contributed by atoms with Gasteiger partial charge in [0, 0.05) is 19.0 Å². The summed E-state index contributed by atoms with van der Waals surface area (Å²) < 4.78 is 0. The number of carbonyl (C=O) groups is 3. The minimum absolute atomic E-state index is 0.0813. The number of nitrogens with zero attached hydrogens (tertiary/aromatic N) is 2. The van der Waals surface area contributed by atoms with Gasteiger partial charge in [-0.25, -0.2) is 9.69 Å². The zero-order valence-electron chi connectivity index (χ0n) is 11.8. The van der Waals surface area contributed by atoms with E-state index >= 15 is 0 Å². The number of rotatable bonds is 5. The Balaban J connectivity index is 1.86. The van der Waals surface area contributed by atoms with Crippen molar-refractivity contribution in [2.45, 2.75) is 38.6 Å². The predicted octanol–water partition coefficient (Wildman–Crippen LogP) is -0.138. The van der Waals surface area contributed by atoms with E-state index in [0.717, 1.165) is 6.42 Å². The molecule has 7 nitrogen and oxygen atoms in total. The Morgan fingerprint density at radius 2 is 2.00 bits per heavy atom. The number of primary amides is 1. The molecule has 0 radical (unpaired) electrons. The second-order valence-electron chi connectivity index (χ2n) is 5.49. The molecule has 0 aromatic heterocycles. The number of amides is 4. The summed E-state index contributed by atoms with van der Waals surface area (Å²) in [4.78, 5) is 38.3. The van der Waals surface area contributed by atoms with Crippen molar-refractivity contribution in [1.29, 1.82) is 0 Å². The van der Waals surface area contributed by atoms with E-state index in [2.05, 4.69) is 5.32 Å². The summed E-state index contributed by atoms with van der Waals surface area (Å²) in [5.41, 5.74) is 5.29. The summed E-state index contributed by atoms with van der Waals surface area (Å²) in [7, 11) is 0. The molecule has 7 heteroatoms. The van der Waals surface area contributed by atoms with E-state index in [9.17, 15) is 14.4 Å². The molecule has 0 unspecified atom stereocenters. The maximum absolute atomic E-state index is 12.1. The lowest BCUT2D eigenvalue weighted by molar-refractivity contribution is -0.130. The highest BCUT2D eigenvalue weighted by atomic mass is 16.2. The third kappa shape index (κ3) is 3.09. The van der Waals surface area contributed by atoms with Gasteiger partial charge in [-0.15, -0.1) is 0 Å². The van der Waals surface area contributed by atoms with Crippen LogP contribution in [-0.2, 0) is 9.59 Å². The average Bonchev–Trinajstić information content (AvgIpc) is 2.68. The first-order valence-corrected chi connectivity index (χ1v) is 7.16. The molecule has 112 valence electrons. The first-order chi connectivity index (χ1) is 9.52. The van der Waals surface area contributed by atoms with E-state index < -0.39 is 0 Å². The summed E-state index contributed by atoms with van der Waals surface area (Å²) in [6.45, 7) is 3.65. The number of urea groups is 1. The lowest BCUT2D eigenvalue weighted by Crippen LogP contribution is -2.46.